The number of halogens is 2. The van der Waals surface area contributed by atoms with Gasteiger partial charge in [0.1, 0.15) is 5.82 Å². The summed E-state index contributed by atoms with van der Waals surface area (Å²) < 4.78 is 13.2. The summed E-state index contributed by atoms with van der Waals surface area (Å²) in [7, 11) is 0. The summed E-state index contributed by atoms with van der Waals surface area (Å²) in [6, 6.07) is 9.94. The summed E-state index contributed by atoms with van der Waals surface area (Å²) in [6.07, 6.45) is 0.881. The van der Waals surface area contributed by atoms with Crippen molar-refractivity contribution in [1.82, 2.24) is 20.6 Å². The highest BCUT2D eigenvalue weighted by molar-refractivity contribution is 6.34. The van der Waals surface area contributed by atoms with E-state index in [0.717, 1.165) is 12.1 Å². The van der Waals surface area contributed by atoms with E-state index < -0.39 is 29.3 Å². The third-order valence-electron chi connectivity index (χ3n) is 5.18. The number of nitrogens with zero attached hydrogens (tertiary/aromatic N) is 1. The van der Waals surface area contributed by atoms with Crippen LogP contribution >= 0.6 is 11.6 Å². The van der Waals surface area contributed by atoms with Crippen molar-refractivity contribution in [3.63, 3.8) is 0 Å². The van der Waals surface area contributed by atoms with Crippen molar-refractivity contribution in [2.45, 2.75) is 32.4 Å². The minimum atomic E-state index is -1.08. The quantitative estimate of drug-likeness (QED) is 0.222. The molecular weight excluding hydrogens is 491 g/mol. The molecule has 3 amide bonds. The van der Waals surface area contributed by atoms with Crippen LogP contribution in [0.25, 0.3) is 0 Å². The number of benzene rings is 2. The Hall–Kier alpha value is -3.96. The molecule has 0 aliphatic heterocycles. The first kappa shape index (κ1) is 26.6. The van der Waals surface area contributed by atoms with Gasteiger partial charge in [0, 0.05) is 23.5 Å². The van der Waals surface area contributed by atoms with Crippen LogP contribution in [0, 0.1) is 5.82 Å². The Kier molecular flexibility index (Phi) is 8.62. The van der Waals surface area contributed by atoms with Crippen LogP contribution in [0.3, 0.4) is 0 Å². The lowest BCUT2D eigenvalue weighted by atomic mass is 10.0. The van der Waals surface area contributed by atoms with E-state index in [1.807, 2.05) is 0 Å². The highest BCUT2D eigenvalue weighted by atomic mass is 35.5. The second kappa shape index (κ2) is 11.6. The smallest absolute Gasteiger partial charge is 0.405 e. The second-order valence-corrected chi connectivity index (χ2v) is 8.99. The second-order valence-electron chi connectivity index (χ2n) is 8.58. The molecule has 0 saturated carbocycles. The highest BCUT2D eigenvalue weighted by Crippen LogP contribution is 2.20. The fraction of sp³-hybridized carbons (Fsp3) is 0.250. The fourth-order valence-electron chi connectivity index (χ4n) is 3.32. The standard InChI is InChI=1S/C24H26ClFN6O4/c1-24(2,32-23(35)36)9-10-27-12-19-20(29-13-28-19)22(34)31-16-6-4-15(5-7-16)30-21(33)17-8-3-14(26)11-18(17)25/h3-8,11,13,27,32H,9-10,12H2,1-2H3,(H,28,29)(H,30,33)(H,31,34)(H,35,36). The first-order valence-corrected chi connectivity index (χ1v) is 11.3. The molecule has 0 aliphatic rings. The molecule has 0 saturated heterocycles. The van der Waals surface area contributed by atoms with Crippen LogP contribution in [0.15, 0.2) is 48.8 Å². The van der Waals surface area contributed by atoms with Gasteiger partial charge < -0.3 is 31.4 Å². The molecule has 36 heavy (non-hydrogen) atoms. The van der Waals surface area contributed by atoms with Crippen LogP contribution in [-0.2, 0) is 6.54 Å². The third-order valence-corrected chi connectivity index (χ3v) is 5.50. The number of carbonyl (C=O) groups is 3. The third kappa shape index (κ3) is 7.52. The van der Waals surface area contributed by atoms with E-state index in [1.165, 1.54) is 12.4 Å². The zero-order valence-electron chi connectivity index (χ0n) is 19.6. The molecule has 3 aromatic rings. The van der Waals surface area contributed by atoms with Crippen molar-refractivity contribution in [3.8, 4) is 0 Å². The summed E-state index contributed by atoms with van der Waals surface area (Å²) in [5.74, 6) is -1.45. The number of imidazole rings is 1. The van der Waals surface area contributed by atoms with E-state index >= 15 is 0 Å². The van der Waals surface area contributed by atoms with Crippen LogP contribution in [0.2, 0.25) is 5.02 Å². The molecule has 1 aromatic heterocycles. The summed E-state index contributed by atoms with van der Waals surface area (Å²) in [5, 5.41) is 19.9. The first-order valence-electron chi connectivity index (χ1n) is 11.0. The van der Waals surface area contributed by atoms with Gasteiger partial charge in [0.05, 0.1) is 22.6 Å². The van der Waals surface area contributed by atoms with Crippen LogP contribution in [0.1, 0.15) is 46.8 Å². The zero-order valence-corrected chi connectivity index (χ0v) is 20.4. The van der Waals surface area contributed by atoms with E-state index in [4.69, 9.17) is 16.7 Å². The number of rotatable bonds is 10. The number of H-pyrrole nitrogens is 1. The molecule has 0 spiro atoms. The largest absolute Gasteiger partial charge is 0.465 e. The molecule has 6 N–H and O–H groups in total. The van der Waals surface area contributed by atoms with Gasteiger partial charge in [-0.05, 0) is 69.3 Å². The topological polar surface area (TPSA) is 148 Å². The summed E-state index contributed by atoms with van der Waals surface area (Å²) in [6.45, 7) is 4.42. The molecule has 0 fully saturated rings. The van der Waals surface area contributed by atoms with E-state index in [9.17, 15) is 18.8 Å². The molecule has 190 valence electrons. The molecule has 2 aromatic carbocycles. The minimum absolute atomic E-state index is 0.00122. The van der Waals surface area contributed by atoms with Gasteiger partial charge in [-0.25, -0.2) is 14.2 Å². The maximum atomic E-state index is 13.2. The fourth-order valence-corrected chi connectivity index (χ4v) is 3.57. The van der Waals surface area contributed by atoms with Gasteiger partial charge in [0.25, 0.3) is 11.8 Å². The summed E-state index contributed by atoms with van der Waals surface area (Å²) >= 11 is 5.93. The number of carboxylic acid groups (broad SMARTS) is 1. The van der Waals surface area contributed by atoms with Crippen LogP contribution in [-0.4, -0.2) is 45.1 Å². The number of carbonyl (C=O) groups excluding carboxylic acids is 2. The van der Waals surface area contributed by atoms with Crippen molar-refractivity contribution < 1.29 is 23.9 Å². The SMILES string of the molecule is CC(C)(CCNCc1[nH]cnc1C(=O)Nc1ccc(NC(=O)c2ccc(F)cc2Cl)cc1)NC(=O)O. The Morgan fingerprint density at radius 3 is 2.31 bits per heavy atom. The Morgan fingerprint density at radius 2 is 1.69 bits per heavy atom. The number of anilines is 2. The van der Waals surface area contributed by atoms with E-state index in [1.54, 1.807) is 38.1 Å². The molecule has 0 bridgehead atoms. The Bertz CT molecular complexity index is 1250. The predicted octanol–water partition coefficient (Wildman–Crippen LogP) is 4.23. The van der Waals surface area contributed by atoms with Crippen LogP contribution in [0.5, 0.6) is 0 Å². The van der Waals surface area contributed by atoms with Gasteiger partial charge in [-0.2, -0.15) is 0 Å². The minimum Gasteiger partial charge on any atom is -0.465 e. The van der Waals surface area contributed by atoms with E-state index in [0.29, 0.717) is 36.6 Å². The molecule has 10 nitrogen and oxygen atoms in total. The Labute approximate surface area is 211 Å². The normalized spacial score (nSPS) is 11.1. The Morgan fingerprint density at radius 1 is 1.06 bits per heavy atom. The molecule has 0 radical (unpaired) electrons. The van der Waals surface area contributed by atoms with Gasteiger partial charge >= 0.3 is 6.09 Å². The van der Waals surface area contributed by atoms with E-state index in [2.05, 4.69) is 31.2 Å². The highest BCUT2D eigenvalue weighted by Gasteiger charge is 2.20. The number of hydrogen-bond acceptors (Lipinski definition) is 5. The molecule has 0 atom stereocenters. The average Bonchev–Trinajstić information content (AvgIpc) is 3.26. The number of aromatic amines is 1. The summed E-state index contributed by atoms with van der Waals surface area (Å²) in [5.41, 5.74) is 1.29. The lowest BCUT2D eigenvalue weighted by Crippen LogP contribution is -2.44. The molecule has 12 heteroatoms. The maximum absolute atomic E-state index is 13.2. The first-order chi connectivity index (χ1) is 17.0. The summed E-state index contributed by atoms with van der Waals surface area (Å²) in [4.78, 5) is 42.9. The molecule has 0 aliphatic carbocycles. The lowest BCUT2D eigenvalue weighted by Gasteiger charge is -2.24. The predicted molar refractivity (Wildman–Crippen MR) is 134 cm³/mol. The molecule has 1 heterocycles. The zero-order chi connectivity index (χ0) is 26.3. The van der Waals surface area contributed by atoms with Crippen molar-refractivity contribution >= 4 is 40.9 Å². The van der Waals surface area contributed by atoms with Crippen molar-refractivity contribution in [3.05, 3.63) is 76.6 Å². The van der Waals surface area contributed by atoms with Gasteiger partial charge in [-0.3, -0.25) is 9.59 Å². The van der Waals surface area contributed by atoms with Crippen molar-refractivity contribution in [1.29, 1.82) is 0 Å². The number of aromatic nitrogens is 2. The monoisotopic (exact) mass is 516 g/mol. The van der Waals surface area contributed by atoms with Crippen LogP contribution < -0.4 is 21.3 Å². The maximum Gasteiger partial charge on any atom is 0.405 e. The van der Waals surface area contributed by atoms with Crippen molar-refractivity contribution in [2.75, 3.05) is 17.2 Å². The number of hydrogen-bond donors (Lipinski definition) is 6. The van der Waals surface area contributed by atoms with Crippen LogP contribution in [0.4, 0.5) is 20.6 Å². The Balaban J connectivity index is 1.53. The van der Waals surface area contributed by atoms with Crippen molar-refractivity contribution in [2.24, 2.45) is 0 Å². The van der Waals surface area contributed by atoms with Gasteiger partial charge in [-0.15, -0.1) is 0 Å². The molecule has 0 unspecified atom stereocenters. The van der Waals surface area contributed by atoms with E-state index in [-0.39, 0.29) is 16.3 Å². The molecule has 3 rings (SSSR count). The molecular formula is C24H26ClFN6O4. The lowest BCUT2D eigenvalue weighted by molar-refractivity contribution is 0.101. The van der Waals surface area contributed by atoms with Gasteiger partial charge in [0.15, 0.2) is 5.69 Å². The number of amides is 3. The van der Waals surface area contributed by atoms with Gasteiger partial charge in [-0.1, -0.05) is 11.6 Å². The number of nitrogens with one attached hydrogen (secondary N) is 5. The average molecular weight is 517 g/mol. The van der Waals surface area contributed by atoms with Gasteiger partial charge in [0.2, 0.25) is 0 Å².